The quantitative estimate of drug-likeness (QED) is 0.553. The minimum atomic E-state index is -0.0388. The van der Waals surface area contributed by atoms with E-state index in [9.17, 15) is 4.79 Å². The highest BCUT2D eigenvalue weighted by atomic mass is 16.7. The van der Waals surface area contributed by atoms with Crippen LogP contribution in [0.15, 0.2) is 30.3 Å². The number of hydroxylamine groups is 2. The van der Waals surface area contributed by atoms with E-state index in [1.54, 1.807) is 0 Å². The number of nitrogens with one attached hydrogen (secondary N) is 1. The number of para-hydroxylation sites is 1. The Morgan fingerprint density at radius 1 is 1.33 bits per heavy atom. The van der Waals surface area contributed by atoms with E-state index in [0.29, 0.717) is 12.5 Å². The number of nitrogens with zero attached hydrogens (tertiary/aromatic N) is 1. The molecule has 3 unspecified atom stereocenters. The van der Waals surface area contributed by atoms with Gasteiger partial charge in [0, 0.05) is 19.6 Å². The van der Waals surface area contributed by atoms with Gasteiger partial charge in [-0.25, -0.2) is 0 Å². The van der Waals surface area contributed by atoms with E-state index in [1.165, 1.54) is 0 Å². The highest BCUT2D eigenvalue weighted by molar-refractivity contribution is 5.46. The lowest BCUT2D eigenvalue weighted by molar-refractivity contribution is -0.175. The molecule has 1 aromatic rings. The van der Waals surface area contributed by atoms with Gasteiger partial charge in [-0.3, -0.25) is 9.63 Å². The summed E-state index contributed by atoms with van der Waals surface area (Å²) in [6.07, 6.45) is 4.57. The zero-order chi connectivity index (χ0) is 16.6. The van der Waals surface area contributed by atoms with Gasteiger partial charge in [0.2, 0.25) is 6.41 Å². The minimum absolute atomic E-state index is 0.0388. The second kappa shape index (κ2) is 9.01. The molecule has 6 nitrogen and oxygen atoms in total. The van der Waals surface area contributed by atoms with Crippen molar-refractivity contribution in [2.45, 2.75) is 38.0 Å². The summed E-state index contributed by atoms with van der Waals surface area (Å²) in [6, 6.07) is 9.83. The number of amides is 1. The molecule has 1 N–H and O–H groups in total. The molecule has 2 heterocycles. The number of hydrogen-bond donors (Lipinski definition) is 1. The molecule has 3 atom stereocenters. The fourth-order valence-electron chi connectivity index (χ4n) is 3.24. The van der Waals surface area contributed by atoms with E-state index in [4.69, 9.17) is 14.3 Å². The largest absolute Gasteiger partial charge is 0.494 e. The molecule has 2 aliphatic rings. The molecule has 3 rings (SSSR count). The molecule has 1 amide bonds. The number of benzene rings is 1. The lowest BCUT2D eigenvalue weighted by Gasteiger charge is -2.24. The van der Waals surface area contributed by atoms with Gasteiger partial charge in [-0.15, -0.1) is 0 Å². The molecule has 2 saturated heterocycles. The van der Waals surface area contributed by atoms with Gasteiger partial charge in [-0.2, -0.15) is 5.06 Å². The zero-order valence-electron chi connectivity index (χ0n) is 13.9. The average Bonchev–Trinajstić information content (AvgIpc) is 3.24. The van der Waals surface area contributed by atoms with E-state index < -0.39 is 0 Å². The van der Waals surface area contributed by atoms with Crippen LogP contribution in [0.25, 0.3) is 0 Å². The van der Waals surface area contributed by atoms with Gasteiger partial charge in [0.05, 0.1) is 19.3 Å². The monoisotopic (exact) mass is 334 g/mol. The van der Waals surface area contributed by atoms with Crippen molar-refractivity contribution < 1.29 is 19.1 Å². The van der Waals surface area contributed by atoms with E-state index in [-0.39, 0.29) is 12.3 Å². The molecule has 0 radical (unpaired) electrons. The maximum Gasteiger partial charge on any atom is 0.208 e. The number of ether oxygens (including phenoxy) is 2. The zero-order valence-corrected chi connectivity index (χ0v) is 13.9. The standard InChI is InChI=1S/C18H26N2O4/c21-14-19-18-11-17(24-20(18)12-15-8-10-22-13-15)7-4-9-23-16-5-2-1-3-6-16/h1-3,5-6,14-15,17-18H,4,7-13H2,(H,19,21). The van der Waals surface area contributed by atoms with Gasteiger partial charge >= 0.3 is 0 Å². The van der Waals surface area contributed by atoms with Crippen LogP contribution in [0, 0.1) is 5.92 Å². The molecule has 0 bridgehead atoms. The van der Waals surface area contributed by atoms with E-state index >= 15 is 0 Å². The second-order valence-corrected chi connectivity index (χ2v) is 6.40. The molecule has 2 aliphatic heterocycles. The van der Waals surface area contributed by atoms with Crippen LogP contribution in [-0.4, -0.2) is 50.1 Å². The molecule has 6 heteroatoms. The molecule has 24 heavy (non-hydrogen) atoms. The van der Waals surface area contributed by atoms with Crippen LogP contribution < -0.4 is 10.1 Å². The third-order valence-corrected chi connectivity index (χ3v) is 4.52. The molecule has 0 aliphatic carbocycles. The van der Waals surface area contributed by atoms with Crippen LogP contribution in [0.3, 0.4) is 0 Å². The van der Waals surface area contributed by atoms with Crippen LogP contribution in [0.1, 0.15) is 25.7 Å². The van der Waals surface area contributed by atoms with Crippen molar-refractivity contribution in [3.05, 3.63) is 30.3 Å². The summed E-state index contributed by atoms with van der Waals surface area (Å²) in [4.78, 5) is 16.9. The Labute approximate surface area is 143 Å². The summed E-state index contributed by atoms with van der Waals surface area (Å²) >= 11 is 0. The van der Waals surface area contributed by atoms with E-state index in [1.807, 2.05) is 35.4 Å². The van der Waals surface area contributed by atoms with Gasteiger partial charge in [0.15, 0.2) is 0 Å². The van der Waals surface area contributed by atoms with Gasteiger partial charge in [-0.05, 0) is 37.3 Å². The van der Waals surface area contributed by atoms with E-state index in [0.717, 1.165) is 57.6 Å². The lowest BCUT2D eigenvalue weighted by Crippen LogP contribution is -2.42. The van der Waals surface area contributed by atoms with Crippen molar-refractivity contribution in [1.29, 1.82) is 0 Å². The highest BCUT2D eigenvalue weighted by Crippen LogP contribution is 2.25. The van der Waals surface area contributed by atoms with Crippen molar-refractivity contribution in [3.8, 4) is 5.75 Å². The molecule has 0 aromatic heterocycles. The van der Waals surface area contributed by atoms with E-state index in [2.05, 4.69) is 5.32 Å². The first-order valence-electron chi connectivity index (χ1n) is 8.74. The number of carbonyl (C=O) groups is 1. The highest BCUT2D eigenvalue weighted by Gasteiger charge is 2.35. The van der Waals surface area contributed by atoms with Crippen LogP contribution in [0.2, 0.25) is 0 Å². The molecule has 2 fully saturated rings. The molecule has 132 valence electrons. The van der Waals surface area contributed by atoms with Crippen molar-refractivity contribution in [2.24, 2.45) is 5.92 Å². The Morgan fingerprint density at radius 2 is 2.21 bits per heavy atom. The lowest BCUT2D eigenvalue weighted by atomic mass is 10.1. The molecular formula is C18H26N2O4. The maximum absolute atomic E-state index is 10.8. The third kappa shape index (κ3) is 4.93. The van der Waals surface area contributed by atoms with Crippen molar-refractivity contribution in [1.82, 2.24) is 10.4 Å². The molecule has 1 aromatic carbocycles. The third-order valence-electron chi connectivity index (χ3n) is 4.52. The number of hydrogen-bond acceptors (Lipinski definition) is 5. The first-order valence-corrected chi connectivity index (χ1v) is 8.74. The summed E-state index contributed by atoms with van der Waals surface area (Å²) in [7, 11) is 0. The summed E-state index contributed by atoms with van der Waals surface area (Å²) in [6.45, 7) is 3.09. The van der Waals surface area contributed by atoms with Gasteiger partial charge < -0.3 is 14.8 Å². The smallest absolute Gasteiger partial charge is 0.208 e. The van der Waals surface area contributed by atoms with Crippen LogP contribution >= 0.6 is 0 Å². The first-order chi connectivity index (χ1) is 11.8. The van der Waals surface area contributed by atoms with Gasteiger partial charge in [-0.1, -0.05) is 18.2 Å². The minimum Gasteiger partial charge on any atom is -0.494 e. The SMILES string of the molecule is O=CNC1CC(CCCOc2ccccc2)ON1CC1CCOC1. The fourth-order valence-corrected chi connectivity index (χ4v) is 3.24. The Hall–Kier alpha value is -1.63. The Bertz CT molecular complexity index is 493. The Morgan fingerprint density at radius 3 is 2.96 bits per heavy atom. The number of rotatable bonds is 9. The summed E-state index contributed by atoms with van der Waals surface area (Å²) in [5, 5.41) is 4.79. The van der Waals surface area contributed by atoms with Crippen molar-refractivity contribution in [3.63, 3.8) is 0 Å². The van der Waals surface area contributed by atoms with Crippen LogP contribution in [-0.2, 0) is 14.4 Å². The molecule has 0 spiro atoms. The topological polar surface area (TPSA) is 60.0 Å². The first kappa shape index (κ1) is 17.2. The summed E-state index contributed by atoms with van der Waals surface area (Å²) in [5.74, 6) is 1.38. The van der Waals surface area contributed by atoms with Gasteiger partial charge in [0.25, 0.3) is 0 Å². The Kier molecular flexibility index (Phi) is 6.46. The van der Waals surface area contributed by atoms with Crippen LogP contribution in [0.4, 0.5) is 0 Å². The normalized spacial score (nSPS) is 27.2. The summed E-state index contributed by atoms with van der Waals surface area (Å²) < 4.78 is 11.1. The molecular weight excluding hydrogens is 308 g/mol. The predicted molar refractivity (Wildman–Crippen MR) is 89.3 cm³/mol. The van der Waals surface area contributed by atoms with Crippen molar-refractivity contribution in [2.75, 3.05) is 26.4 Å². The van der Waals surface area contributed by atoms with Crippen LogP contribution in [0.5, 0.6) is 5.75 Å². The molecule has 0 saturated carbocycles. The predicted octanol–water partition coefficient (Wildman–Crippen LogP) is 1.96. The summed E-state index contributed by atoms with van der Waals surface area (Å²) in [5.41, 5.74) is 0. The average molecular weight is 334 g/mol. The van der Waals surface area contributed by atoms with Gasteiger partial charge in [0.1, 0.15) is 11.9 Å². The second-order valence-electron chi connectivity index (χ2n) is 6.40. The Balaban J connectivity index is 1.40. The fraction of sp³-hybridized carbons (Fsp3) is 0.611. The number of carbonyl (C=O) groups excluding carboxylic acids is 1. The maximum atomic E-state index is 10.8. The van der Waals surface area contributed by atoms with Crippen molar-refractivity contribution >= 4 is 6.41 Å².